The quantitative estimate of drug-likeness (QED) is 0.710. The molecule has 1 aromatic heterocycles. The molecule has 0 aliphatic heterocycles. The van der Waals surface area contributed by atoms with Crippen LogP contribution in [-0.4, -0.2) is 9.97 Å². The highest BCUT2D eigenvalue weighted by Crippen LogP contribution is 2.17. The van der Waals surface area contributed by atoms with Crippen molar-refractivity contribution in [3.63, 3.8) is 0 Å². The van der Waals surface area contributed by atoms with Crippen molar-refractivity contribution in [2.75, 3.05) is 0 Å². The lowest BCUT2D eigenvalue weighted by atomic mass is 10.1. The Bertz CT molecular complexity index is 278. The van der Waals surface area contributed by atoms with Crippen molar-refractivity contribution in [3.8, 4) is 0 Å². The summed E-state index contributed by atoms with van der Waals surface area (Å²) in [6, 6.07) is 0. The van der Waals surface area contributed by atoms with Crippen LogP contribution in [0.3, 0.4) is 0 Å². The zero-order chi connectivity index (χ0) is 10.2. The lowest BCUT2D eigenvalue weighted by molar-refractivity contribution is 0.926. The third-order valence-corrected chi connectivity index (χ3v) is 2.09. The smallest absolute Gasteiger partial charge is 0.0841 e. The molecular formula is C12H18N2. The van der Waals surface area contributed by atoms with Gasteiger partial charge < -0.3 is 0 Å². The summed E-state index contributed by atoms with van der Waals surface area (Å²) in [5.74, 6) is 0. The summed E-state index contributed by atoms with van der Waals surface area (Å²) in [7, 11) is 0. The summed E-state index contributed by atoms with van der Waals surface area (Å²) in [5.41, 5.74) is 2.37. The van der Waals surface area contributed by atoms with Gasteiger partial charge in [0.25, 0.3) is 0 Å². The summed E-state index contributed by atoms with van der Waals surface area (Å²) >= 11 is 0. The van der Waals surface area contributed by atoms with E-state index in [2.05, 4.69) is 29.9 Å². The summed E-state index contributed by atoms with van der Waals surface area (Å²) in [4.78, 5) is 8.41. The molecule has 0 N–H and O–H groups in total. The Morgan fingerprint density at radius 1 is 1.29 bits per heavy atom. The van der Waals surface area contributed by atoms with E-state index >= 15 is 0 Å². The molecule has 0 saturated carbocycles. The molecule has 1 heterocycles. The van der Waals surface area contributed by atoms with E-state index in [0.29, 0.717) is 0 Å². The molecule has 0 spiro atoms. The molecule has 0 unspecified atom stereocenters. The maximum Gasteiger partial charge on any atom is 0.0841 e. The first-order valence-corrected chi connectivity index (χ1v) is 5.33. The third-order valence-electron chi connectivity index (χ3n) is 2.09. The van der Waals surface area contributed by atoms with Crippen molar-refractivity contribution >= 4 is 5.57 Å². The Kier molecular flexibility index (Phi) is 4.90. The number of hydrogen-bond acceptors (Lipinski definition) is 2. The van der Waals surface area contributed by atoms with E-state index in [1.54, 1.807) is 12.4 Å². The highest BCUT2D eigenvalue weighted by Gasteiger charge is 2.00. The molecule has 1 aromatic rings. The molecule has 2 heteroatoms. The minimum absolute atomic E-state index is 1.03. The van der Waals surface area contributed by atoms with Gasteiger partial charge in [-0.05, 0) is 18.4 Å². The van der Waals surface area contributed by atoms with Crippen LogP contribution in [-0.2, 0) is 0 Å². The van der Waals surface area contributed by atoms with Crippen LogP contribution in [0.2, 0.25) is 0 Å². The van der Waals surface area contributed by atoms with Gasteiger partial charge >= 0.3 is 0 Å². The normalized spacial score (nSPS) is 11.7. The number of rotatable bonds is 5. The highest BCUT2D eigenvalue weighted by atomic mass is 14.8. The SMILES string of the molecule is CCCC=C(CCC)c1cnccn1. The van der Waals surface area contributed by atoms with Gasteiger partial charge in [-0.3, -0.25) is 9.97 Å². The lowest BCUT2D eigenvalue weighted by Crippen LogP contribution is -1.90. The van der Waals surface area contributed by atoms with Gasteiger partial charge in [0.15, 0.2) is 0 Å². The number of aromatic nitrogens is 2. The van der Waals surface area contributed by atoms with Crippen molar-refractivity contribution in [1.82, 2.24) is 9.97 Å². The number of nitrogens with zero attached hydrogens (tertiary/aromatic N) is 2. The second-order valence-corrected chi connectivity index (χ2v) is 3.36. The van der Waals surface area contributed by atoms with Gasteiger partial charge in [0, 0.05) is 12.4 Å². The first-order chi connectivity index (χ1) is 6.88. The minimum atomic E-state index is 1.03. The molecule has 1 rings (SSSR count). The van der Waals surface area contributed by atoms with Crippen molar-refractivity contribution < 1.29 is 0 Å². The number of unbranched alkanes of at least 4 members (excludes halogenated alkanes) is 1. The van der Waals surface area contributed by atoms with E-state index in [9.17, 15) is 0 Å². The van der Waals surface area contributed by atoms with E-state index in [1.807, 2.05) is 6.20 Å². The monoisotopic (exact) mass is 190 g/mol. The third kappa shape index (κ3) is 3.29. The lowest BCUT2D eigenvalue weighted by Gasteiger charge is -2.04. The molecule has 14 heavy (non-hydrogen) atoms. The van der Waals surface area contributed by atoms with Crippen LogP contribution in [0.25, 0.3) is 5.57 Å². The van der Waals surface area contributed by atoms with Crippen LogP contribution in [0.1, 0.15) is 45.2 Å². The molecule has 0 amide bonds. The Morgan fingerprint density at radius 2 is 2.14 bits per heavy atom. The van der Waals surface area contributed by atoms with Crippen molar-refractivity contribution in [2.45, 2.75) is 39.5 Å². The van der Waals surface area contributed by atoms with Gasteiger partial charge in [0.05, 0.1) is 11.9 Å². The van der Waals surface area contributed by atoms with Crippen LogP contribution >= 0.6 is 0 Å². The first-order valence-electron chi connectivity index (χ1n) is 5.33. The van der Waals surface area contributed by atoms with Crippen LogP contribution in [0.15, 0.2) is 24.7 Å². The van der Waals surface area contributed by atoms with E-state index < -0.39 is 0 Å². The Labute approximate surface area is 86.1 Å². The Balaban J connectivity index is 2.77. The Morgan fingerprint density at radius 3 is 2.71 bits per heavy atom. The predicted octanol–water partition coefficient (Wildman–Crippen LogP) is 3.46. The molecule has 76 valence electrons. The summed E-state index contributed by atoms with van der Waals surface area (Å²) < 4.78 is 0. The maximum atomic E-state index is 4.32. The second-order valence-electron chi connectivity index (χ2n) is 3.36. The molecule has 0 bridgehead atoms. The molecule has 0 radical (unpaired) electrons. The zero-order valence-electron chi connectivity index (χ0n) is 9.03. The van der Waals surface area contributed by atoms with Crippen LogP contribution < -0.4 is 0 Å². The average Bonchev–Trinajstić information content (AvgIpc) is 2.25. The molecule has 0 atom stereocenters. The molecule has 0 aliphatic carbocycles. The molecule has 0 saturated heterocycles. The molecule has 0 fully saturated rings. The van der Waals surface area contributed by atoms with Gasteiger partial charge in [0.2, 0.25) is 0 Å². The van der Waals surface area contributed by atoms with E-state index in [1.165, 1.54) is 12.0 Å². The molecule has 0 aliphatic rings. The van der Waals surface area contributed by atoms with E-state index in [0.717, 1.165) is 25.0 Å². The van der Waals surface area contributed by atoms with E-state index in [-0.39, 0.29) is 0 Å². The van der Waals surface area contributed by atoms with Gasteiger partial charge in [-0.2, -0.15) is 0 Å². The highest BCUT2D eigenvalue weighted by molar-refractivity contribution is 5.61. The van der Waals surface area contributed by atoms with Crippen molar-refractivity contribution in [1.29, 1.82) is 0 Å². The van der Waals surface area contributed by atoms with Crippen molar-refractivity contribution in [3.05, 3.63) is 30.4 Å². The second kappa shape index (κ2) is 6.30. The van der Waals surface area contributed by atoms with Crippen LogP contribution in [0.4, 0.5) is 0 Å². The van der Waals surface area contributed by atoms with Gasteiger partial charge in [-0.15, -0.1) is 0 Å². The molecule has 0 aromatic carbocycles. The minimum Gasteiger partial charge on any atom is -0.261 e. The summed E-state index contributed by atoms with van der Waals surface area (Å²) in [6.45, 7) is 4.38. The van der Waals surface area contributed by atoms with Gasteiger partial charge in [0.1, 0.15) is 0 Å². The maximum absolute atomic E-state index is 4.32. The van der Waals surface area contributed by atoms with Gasteiger partial charge in [-0.25, -0.2) is 0 Å². The number of allylic oxidation sites excluding steroid dienone is 2. The fourth-order valence-corrected chi connectivity index (χ4v) is 1.39. The number of hydrogen-bond donors (Lipinski definition) is 0. The fourth-order valence-electron chi connectivity index (χ4n) is 1.39. The average molecular weight is 190 g/mol. The zero-order valence-corrected chi connectivity index (χ0v) is 9.03. The van der Waals surface area contributed by atoms with Gasteiger partial charge in [-0.1, -0.05) is 32.8 Å². The molecular weight excluding hydrogens is 172 g/mol. The van der Waals surface area contributed by atoms with E-state index in [4.69, 9.17) is 0 Å². The molecule has 2 nitrogen and oxygen atoms in total. The summed E-state index contributed by atoms with van der Waals surface area (Å²) in [5, 5.41) is 0. The summed E-state index contributed by atoms with van der Waals surface area (Å²) in [6.07, 6.45) is 12.2. The topological polar surface area (TPSA) is 25.8 Å². The largest absolute Gasteiger partial charge is 0.261 e. The predicted molar refractivity (Wildman–Crippen MR) is 59.8 cm³/mol. The first kappa shape index (κ1) is 10.9. The Hall–Kier alpha value is -1.18. The van der Waals surface area contributed by atoms with Crippen LogP contribution in [0, 0.1) is 0 Å². The standard InChI is InChI=1S/C12H18N2/c1-3-5-7-11(6-4-2)12-10-13-8-9-14-12/h7-10H,3-6H2,1-2H3. The fraction of sp³-hybridized carbons (Fsp3) is 0.500. The van der Waals surface area contributed by atoms with Crippen LogP contribution in [0.5, 0.6) is 0 Å². The van der Waals surface area contributed by atoms with Crippen molar-refractivity contribution in [2.24, 2.45) is 0 Å².